The SMILES string of the molecule is CN(C)C=C1C[C@H]2[C@@H](CCCN2C)CC1=O. The third kappa shape index (κ3) is 2.29. The molecule has 0 N–H and O–H groups in total. The first kappa shape index (κ1) is 11.6. The number of Topliss-reactive ketones (excluding diaryl/α,β-unsaturated/α-hetero) is 1. The zero-order valence-corrected chi connectivity index (χ0v) is 10.6. The molecule has 0 bridgehead atoms. The lowest BCUT2D eigenvalue weighted by Crippen LogP contribution is -2.46. The summed E-state index contributed by atoms with van der Waals surface area (Å²) in [6.45, 7) is 1.19. The molecular formula is C13H22N2O. The Morgan fingerprint density at radius 1 is 1.38 bits per heavy atom. The molecule has 1 heterocycles. The van der Waals surface area contributed by atoms with Crippen molar-refractivity contribution in [3.8, 4) is 0 Å². The van der Waals surface area contributed by atoms with Gasteiger partial charge < -0.3 is 9.80 Å². The first-order valence-electron chi connectivity index (χ1n) is 6.18. The van der Waals surface area contributed by atoms with Crippen LogP contribution in [0.2, 0.25) is 0 Å². The lowest BCUT2D eigenvalue weighted by atomic mass is 9.76. The van der Waals surface area contributed by atoms with Crippen molar-refractivity contribution < 1.29 is 4.79 Å². The second-order valence-corrected chi connectivity index (χ2v) is 5.40. The van der Waals surface area contributed by atoms with Crippen LogP contribution in [0.3, 0.4) is 0 Å². The summed E-state index contributed by atoms with van der Waals surface area (Å²) >= 11 is 0. The number of carbonyl (C=O) groups excluding carboxylic acids is 1. The molecule has 0 aromatic rings. The Morgan fingerprint density at radius 3 is 2.81 bits per heavy atom. The van der Waals surface area contributed by atoms with Gasteiger partial charge in [0.05, 0.1) is 0 Å². The molecule has 0 radical (unpaired) electrons. The van der Waals surface area contributed by atoms with Crippen LogP contribution in [0, 0.1) is 5.92 Å². The summed E-state index contributed by atoms with van der Waals surface area (Å²) in [4.78, 5) is 16.4. The molecule has 0 amide bonds. The topological polar surface area (TPSA) is 23.6 Å². The molecule has 16 heavy (non-hydrogen) atoms. The maximum Gasteiger partial charge on any atom is 0.160 e. The molecule has 1 saturated carbocycles. The van der Waals surface area contributed by atoms with Gasteiger partial charge in [0.1, 0.15) is 0 Å². The van der Waals surface area contributed by atoms with E-state index in [0.717, 1.165) is 18.4 Å². The van der Waals surface area contributed by atoms with E-state index in [1.807, 2.05) is 25.2 Å². The van der Waals surface area contributed by atoms with Crippen molar-refractivity contribution in [3.63, 3.8) is 0 Å². The van der Waals surface area contributed by atoms with Crippen LogP contribution >= 0.6 is 0 Å². The fourth-order valence-corrected chi connectivity index (χ4v) is 3.03. The monoisotopic (exact) mass is 222 g/mol. The lowest BCUT2D eigenvalue weighted by Gasteiger charge is -2.42. The van der Waals surface area contributed by atoms with Crippen LogP contribution in [-0.2, 0) is 4.79 Å². The highest BCUT2D eigenvalue weighted by molar-refractivity contribution is 5.96. The minimum atomic E-state index is 0.366. The van der Waals surface area contributed by atoms with Gasteiger partial charge in [0.15, 0.2) is 5.78 Å². The number of hydrogen-bond acceptors (Lipinski definition) is 3. The fraction of sp³-hybridized carbons (Fsp3) is 0.769. The van der Waals surface area contributed by atoms with Gasteiger partial charge in [0.2, 0.25) is 0 Å². The molecule has 0 aromatic carbocycles. The number of likely N-dealkylation sites (tertiary alicyclic amines) is 1. The van der Waals surface area contributed by atoms with E-state index >= 15 is 0 Å². The van der Waals surface area contributed by atoms with Gasteiger partial charge in [0.25, 0.3) is 0 Å². The third-order valence-corrected chi connectivity index (χ3v) is 3.84. The molecule has 2 atom stereocenters. The van der Waals surface area contributed by atoms with Gasteiger partial charge in [-0.2, -0.15) is 0 Å². The molecular weight excluding hydrogens is 200 g/mol. The molecule has 2 aliphatic rings. The summed E-state index contributed by atoms with van der Waals surface area (Å²) < 4.78 is 0. The van der Waals surface area contributed by atoms with Crippen LogP contribution in [-0.4, -0.2) is 49.3 Å². The maximum atomic E-state index is 12.0. The maximum absolute atomic E-state index is 12.0. The van der Waals surface area contributed by atoms with Crippen LogP contribution in [0.4, 0.5) is 0 Å². The molecule has 1 aliphatic carbocycles. The van der Waals surface area contributed by atoms with Crippen molar-refractivity contribution >= 4 is 5.78 Å². The predicted molar refractivity (Wildman–Crippen MR) is 65.2 cm³/mol. The summed E-state index contributed by atoms with van der Waals surface area (Å²) in [7, 11) is 6.16. The molecule has 90 valence electrons. The van der Waals surface area contributed by atoms with E-state index in [9.17, 15) is 4.79 Å². The quantitative estimate of drug-likeness (QED) is 0.628. The van der Waals surface area contributed by atoms with Gasteiger partial charge in [-0.15, -0.1) is 0 Å². The molecule has 3 nitrogen and oxygen atoms in total. The standard InChI is InChI=1S/C13H22N2O/c1-14(2)9-11-7-12-10(8-13(11)16)5-4-6-15(12)3/h9-10,12H,4-8H2,1-3H3/t10-,12-/m0/s1. The number of ketones is 1. The summed E-state index contributed by atoms with van der Waals surface area (Å²) in [5, 5.41) is 0. The Morgan fingerprint density at radius 2 is 2.12 bits per heavy atom. The Kier molecular flexibility index (Phi) is 3.33. The second-order valence-electron chi connectivity index (χ2n) is 5.40. The van der Waals surface area contributed by atoms with E-state index in [1.165, 1.54) is 19.4 Å². The number of rotatable bonds is 1. The predicted octanol–water partition coefficient (Wildman–Crippen LogP) is 1.51. The largest absolute Gasteiger partial charge is 0.383 e. The molecule has 0 aromatic heterocycles. The van der Waals surface area contributed by atoms with Crippen molar-refractivity contribution in [1.29, 1.82) is 0 Å². The minimum Gasteiger partial charge on any atom is -0.383 e. The van der Waals surface area contributed by atoms with E-state index in [2.05, 4.69) is 11.9 Å². The average molecular weight is 222 g/mol. The normalized spacial score (nSPS) is 33.9. The molecule has 0 unspecified atom stereocenters. The van der Waals surface area contributed by atoms with E-state index < -0.39 is 0 Å². The summed E-state index contributed by atoms with van der Waals surface area (Å²) in [6, 6.07) is 0.595. The van der Waals surface area contributed by atoms with Gasteiger partial charge in [-0.05, 0) is 38.8 Å². The lowest BCUT2D eigenvalue weighted by molar-refractivity contribution is -0.119. The first-order chi connectivity index (χ1) is 7.58. The molecule has 3 heteroatoms. The highest BCUT2D eigenvalue weighted by atomic mass is 16.1. The van der Waals surface area contributed by atoms with Crippen LogP contribution in [0.15, 0.2) is 11.8 Å². The third-order valence-electron chi connectivity index (χ3n) is 3.84. The Balaban J connectivity index is 2.13. The van der Waals surface area contributed by atoms with E-state index in [-0.39, 0.29) is 0 Å². The van der Waals surface area contributed by atoms with Crippen molar-refractivity contribution in [3.05, 3.63) is 11.8 Å². The fourth-order valence-electron chi connectivity index (χ4n) is 3.03. The van der Waals surface area contributed by atoms with Gasteiger partial charge in [-0.3, -0.25) is 4.79 Å². The van der Waals surface area contributed by atoms with Gasteiger partial charge in [-0.25, -0.2) is 0 Å². The average Bonchev–Trinajstić information content (AvgIpc) is 2.20. The molecule has 1 saturated heterocycles. The summed E-state index contributed by atoms with van der Waals surface area (Å²) in [5.41, 5.74) is 1.01. The number of hydrogen-bond donors (Lipinski definition) is 0. The van der Waals surface area contributed by atoms with Crippen molar-refractivity contribution in [2.75, 3.05) is 27.7 Å². The molecule has 1 aliphatic heterocycles. The van der Waals surface area contributed by atoms with E-state index in [0.29, 0.717) is 17.7 Å². The zero-order valence-electron chi connectivity index (χ0n) is 10.6. The van der Waals surface area contributed by atoms with E-state index in [4.69, 9.17) is 0 Å². The Labute approximate surface area is 98.1 Å². The zero-order chi connectivity index (χ0) is 11.7. The highest BCUT2D eigenvalue weighted by Crippen LogP contribution is 2.35. The van der Waals surface area contributed by atoms with Gasteiger partial charge in [-0.1, -0.05) is 0 Å². The molecule has 2 rings (SSSR count). The minimum absolute atomic E-state index is 0.366. The molecule has 0 spiro atoms. The summed E-state index contributed by atoms with van der Waals surface area (Å²) in [6.07, 6.45) is 6.18. The van der Waals surface area contributed by atoms with Crippen LogP contribution in [0.25, 0.3) is 0 Å². The second kappa shape index (κ2) is 4.58. The van der Waals surface area contributed by atoms with Crippen molar-refractivity contribution in [2.45, 2.75) is 31.7 Å². The van der Waals surface area contributed by atoms with Gasteiger partial charge in [0, 0.05) is 38.3 Å². The first-order valence-corrected chi connectivity index (χ1v) is 6.18. The number of piperidine rings is 1. The number of carbonyl (C=O) groups is 1. The number of nitrogens with zero attached hydrogens (tertiary/aromatic N) is 2. The van der Waals surface area contributed by atoms with Gasteiger partial charge >= 0.3 is 0 Å². The highest BCUT2D eigenvalue weighted by Gasteiger charge is 2.36. The van der Waals surface area contributed by atoms with E-state index in [1.54, 1.807) is 0 Å². The van der Waals surface area contributed by atoms with Crippen LogP contribution in [0.1, 0.15) is 25.7 Å². The van der Waals surface area contributed by atoms with Crippen LogP contribution in [0.5, 0.6) is 0 Å². The van der Waals surface area contributed by atoms with Crippen molar-refractivity contribution in [1.82, 2.24) is 9.80 Å². The Bertz CT molecular complexity index is 309. The summed E-state index contributed by atoms with van der Waals surface area (Å²) in [5.74, 6) is 0.968. The Hall–Kier alpha value is -0.830. The van der Waals surface area contributed by atoms with Crippen LogP contribution < -0.4 is 0 Å². The van der Waals surface area contributed by atoms with Crippen molar-refractivity contribution in [2.24, 2.45) is 5.92 Å². The number of fused-ring (bicyclic) bond motifs is 1. The molecule has 2 fully saturated rings. The smallest absolute Gasteiger partial charge is 0.160 e.